The van der Waals surface area contributed by atoms with Gasteiger partial charge in [0.15, 0.2) is 0 Å². The summed E-state index contributed by atoms with van der Waals surface area (Å²) in [5, 5.41) is 2.68. The molecule has 1 aliphatic heterocycles. The van der Waals surface area contributed by atoms with E-state index in [1.54, 1.807) is 45.2 Å². The number of benzene rings is 4. The highest BCUT2D eigenvalue weighted by atomic mass is 32.2. The van der Waals surface area contributed by atoms with E-state index in [9.17, 15) is 18.0 Å². The summed E-state index contributed by atoms with van der Waals surface area (Å²) < 4.78 is 52.6. The lowest BCUT2D eigenvalue weighted by molar-refractivity contribution is -0.147. The average Bonchev–Trinajstić information content (AvgIpc) is 3.49. The Morgan fingerprint density at radius 3 is 2.21 bits per heavy atom. The van der Waals surface area contributed by atoms with Crippen LogP contribution in [0.3, 0.4) is 0 Å². The fourth-order valence-corrected chi connectivity index (χ4v) is 9.00. The second-order valence-corrected chi connectivity index (χ2v) is 16.5. The zero-order valence-corrected chi connectivity index (χ0v) is 33.5. The fourth-order valence-electron chi connectivity index (χ4n) is 7.48. The van der Waals surface area contributed by atoms with Crippen molar-refractivity contribution in [2.45, 2.75) is 89.4 Å². The van der Waals surface area contributed by atoms with Gasteiger partial charge >= 0.3 is 12.1 Å². The van der Waals surface area contributed by atoms with Crippen LogP contribution in [-0.2, 0) is 37.3 Å². The number of nitrogens with two attached hydrogens (primary N) is 1. The normalized spacial score (nSPS) is 15.1. The maximum Gasteiger partial charge on any atom is 0.407 e. The number of ether oxygens (including phenoxy) is 4. The molecular formula is C43H50N4O8S. The molecule has 1 heterocycles. The van der Waals surface area contributed by atoms with Gasteiger partial charge in [-0.3, -0.25) is 4.99 Å². The molecule has 13 heteroatoms. The number of carbonyl (C=O) groups is 2. The van der Waals surface area contributed by atoms with Gasteiger partial charge < -0.3 is 30.0 Å². The minimum Gasteiger partial charge on any atom is -0.497 e. The smallest absolute Gasteiger partial charge is 0.407 e. The monoisotopic (exact) mass is 782 g/mol. The molecule has 0 fully saturated rings. The van der Waals surface area contributed by atoms with Crippen LogP contribution in [0, 0.1) is 20.8 Å². The molecule has 0 aromatic heterocycles. The zero-order chi connectivity index (χ0) is 40.2. The Hall–Kier alpha value is -5.56. The van der Waals surface area contributed by atoms with Crippen LogP contribution in [0.1, 0.15) is 78.0 Å². The number of hydrogen-bond acceptors (Lipinski definition) is 9. The molecule has 4 N–H and O–H groups in total. The molecule has 0 spiro atoms. The first-order valence-corrected chi connectivity index (χ1v) is 20.2. The van der Waals surface area contributed by atoms with Gasteiger partial charge in [0.2, 0.25) is 5.96 Å². The summed E-state index contributed by atoms with van der Waals surface area (Å²) in [4.78, 5) is 31.0. The molecule has 0 unspecified atom stereocenters. The summed E-state index contributed by atoms with van der Waals surface area (Å²) in [6, 6.07) is 22.0. The number of methoxy groups -OCH3 is 1. The standard InChI is InChI=1S/C43H50N4O8S/c1-26-27(2)39(28(3)31-21-22-43(4,5)55-38(26)31)56(50,51)47-41(44)45-23-11-16-37(40(48)53-24-29-17-19-30(52-6)20-18-29)46-42(49)54-25-36-34-14-9-7-12-32(34)33-13-8-10-15-35(33)36/h7-10,12-15,17-20,36-37H,11,16,21-25H2,1-6H3,(H,46,49)(H3,44,45,47)/t37-/m1/s1. The molecule has 2 aliphatic rings. The highest BCUT2D eigenvalue weighted by molar-refractivity contribution is 7.90. The molecular weight excluding hydrogens is 733 g/mol. The summed E-state index contributed by atoms with van der Waals surface area (Å²) in [6.07, 6.45) is 1.06. The first-order valence-electron chi connectivity index (χ1n) is 18.7. The van der Waals surface area contributed by atoms with Crippen LogP contribution < -0.4 is 25.2 Å². The van der Waals surface area contributed by atoms with Crippen LogP contribution in [0.15, 0.2) is 82.7 Å². The van der Waals surface area contributed by atoms with Crippen molar-refractivity contribution in [3.63, 3.8) is 0 Å². The second-order valence-electron chi connectivity index (χ2n) is 14.9. The van der Waals surface area contributed by atoms with Crippen molar-refractivity contribution in [2.24, 2.45) is 10.7 Å². The number of aliphatic imine (C=N–C) groups is 1. The van der Waals surface area contributed by atoms with Crippen molar-refractivity contribution in [1.29, 1.82) is 0 Å². The van der Waals surface area contributed by atoms with Crippen LogP contribution in [-0.4, -0.2) is 58.3 Å². The highest BCUT2D eigenvalue weighted by Crippen LogP contribution is 2.45. The van der Waals surface area contributed by atoms with E-state index in [-0.39, 0.29) is 55.0 Å². The number of rotatable bonds is 13. The summed E-state index contributed by atoms with van der Waals surface area (Å²) in [5.41, 5.74) is 13.7. The third-order valence-corrected chi connectivity index (χ3v) is 12.2. The first-order chi connectivity index (χ1) is 26.7. The van der Waals surface area contributed by atoms with Crippen LogP contribution in [0.5, 0.6) is 11.5 Å². The van der Waals surface area contributed by atoms with E-state index in [1.807, 2.05) is 57.2 Å². The van der Waals surface area contributed by atoms with E-state index >= 15 is 0 Å². The number of sulfonamides is 1. The second kappa shape index (κ2) is 16.7. The number of alkyl carbamates (subject to hydrolysis) is 1. The van der Waals surface area contributed by atoms with Crippen molar-refractivity contribution in [3.05, 3.63) is 112 Å². The third kappa shape index (κ3) is 8.78. The minimum absolute atomic E-state index is 0.0243. The maximum atomic E-state index is 13.7. The molecule has 4 aromatic carbocycles. The van der Waals surface area contributed by atoms with Gasteiger partial charge in [-0.15, -0.1) is 0 Å². The Balaban J connectivity index is 1.10. The third-order valence-electron chi connectivity index (χ3n) is 10.6. The lowest BCUT2D eigenvalue weighted by Crippen LogP contribution is -2.42. The molecule has 4 aromatic rings. The first kappa shape index (κ1) is 40.1. The summed E-state index contributed by atoms with van der Waals surface area (Å²) in [7, 11) is -2.53. The maximum absolute atomic E-state index is 13.7. The molecule has 1 aliphatic carbocycles. The number of guanidine groups is 1. The Morgan fingerprint density at radius 2 is 1.57 bits per heavy atom. The molecule has 0 saturated heterocycles. The minimum atomic E-state index is -4.09. The highest BCUT2D eigenvalue weighted by Gasteiger charge is 2.34. The Labute approximate surface area is 328 Å². The van der Waals surface area contributed by atoms with Gasteiger partial charge in [0.05, 0.1) is 12.0 Å². The van der Waals surface area contributed by atoms with Gasteiger partial charge in [-0.05, 0) is 123 Å². The molecule has 0 saturated carbocycles. The SMILES string of the molecule is COc1ccc(COC(=O)[C@@H](CCCN=C(N)NS(=O)(=O)c2c(C)c(C)c3c(c2C)CCC(C)(C)O3)NC(=O)OCC2c3ccccc3-c3ccccc32)cc1. The summed E-state index contributed by atoms with van der Waals surface area (Å²) >= 11 is 0. The quantitative estimate of drug-likeness (QED) is 0.0576. The molecule has 1 amide bonds. The topological polar surface area (TPSA) is 168 Å². The zero-order valence-electron chi connectivity index (χ0n) is 32.7. The molecule has 0 radical (unpaired) electrons. The van der Waals surface area contributed by atoms with Gasteiger partial charge in [-0.2, -0.15) is 0 Å². The van der Waals surface area contributed by atoms with Crippen molar-refractivity contribution in [3.8, 4) is 22.6 Å². The number of fused-ring (bicyclic) bond motifs is 4. The molecule has 12 nitrogen and oxygen atoms in total. The van der Waals surface area contributed by atoms with Gasteiger partial charge in [-0.1, -0.05) is 60.7 Å². The largest absolute Gasteiger partial charge is 0.497 e. The van der Waals surface area contributed by atoms with Crippen molar-refractivity contribution in [1.82, 2.24) is 10.0 Å². The lowest BCUT2D eigenvalue weighted by atomic mass is 9.88. The van der Waals surface area contributed by atoms with Crippen molar-refractivity contribution in [2.75, 3.05) is 20.3 Å². The van der Waals surface area contributed by atoms with E-state index in [4.69, 9.17) is 24.7 Å². The van der Waals surface area contributed by atoms with Gasteiger partial charge in [-0.25, -0.2) is 22.7 Å². The van der Waals surface area contributed by atoms with Gasteiger partial charge in [0.25, 0.3) is 10.0 Å². The summed E-state index contributed by atoms with van der Waals surface area (Å²) in [6.45, 7) is 9.56. The summed E-state index contributed by atoms with van der Waals surface area (Å²) in [5.74, 6) is 0.292. The van der Waals surface area contributed by atoms with Crippen molar-refractivity contribution < 1.29 is 37.0 Å². The Morgan fingerprint density at radius 1 is 0.929 bits per heavy atom. The molecule has 296 valence electrons. The van der Waals surface area contributed by atoms with E-state index in [2.05, 4.69) is 27.2 Å². The lowest BCUT2D eigenvalue weighted by Gasteiger charge is -2.35. The Bertz CT molecular complexity index is 2210. The van der Waals surface area contributed by atoms with Crippen LogP contribution in [0.25, 0.3) is 11.1 Å². The molecule has 6 rings (SSSR count). The van der Waals surface area contributed by atoms with Crippen LogP contribution in [0.2, 0.25) is 0 Å². The predicted molar refractivity (Wildman–Crippen MR) is 215 cm³/mol. The van der Waals surface area contributed by atoms with Gasteiger partial charge in [0, 0.05) is 12.5 Å². The van der Waals surface area contributed by atoms with E-state index in [1.165, 1.54) is 0 Å². The van der Waals surface area contributed by atoms with Crippen LogP contribution in [0.4, 0.5) is 4.79 Å². The number of nitrogens with one attached hydrogen (secondary N) is 2. The number of hydrogen-bond donors (Lipinski definition) is 3. The van der Waals surface area contributed by atoms with E-state index in [0.29, 0.717) is 23.3 Å². The van der Waals surface area contributed by atoms with Crippen LogP contribution >= 0.6 is 0 Å². The van der Waals surface area contributed by atoms with Crippen molar-refractivity contribution >= 4 is 28.0 Å². The van der Waals surface area contributed by atoms with Gasteiger partial charge in [0.1, 0.15) is 36.4 Å². The molecule has 0 bridgehead atoms. The number of esters is 1. The number of nitrogens with zero attached hydrogens (tertiary/aromatic N) is 1. The number of carbonyl (C=O) groups excluding carboxylic acids is 2. The Kier molecular flexibility index (Phi) is 11.9. The number of amides is 1. The molecule has 56 heavy (non-hydrogen) atoms. The van der Waals surface area contributed by atoms with E-state index < -0.39 is 28.1 Å². The van der Waals surface area contributed by atoms with E-state index in [0.717, 1.165) is 51.1 Å². The molecule has 1 atom stereocenters. The predicted octanol–water partition coefficient (Wildman–Crippen LogP) is 6.75. The average molecular weight is 783 g/mol. The fraction of sp³-hybridized carbons (Fsp3) is 0.372.